The van der Waals surface area contributed by atoms with Gasteiger partial charge >= 0.3 is 0 Å². The molecule has 1 nitrogen and oxygen atoms in total. The lowest BCUT2D eigenvalue weighted by molar-refractivity contribution is 0.246. The minimum atomic E-state index is 0. The lowest BCUT2D eigenvalue weighted by atomic mass is 10.2. The first-order valence-electron chi connectivity index (χ1n) is 4.55. The van der Waals surface area contributed by atoms with Crippen molar-refractivity contribution in [3.8, 4) is 0 Å². The summed E-state index contributed by atoms with van der Waals surface area (Å²) in [4.78, 5) is 2.52. The van der Waals surface area contributed by atoms with Crippen molar-refractivity contribution >= 4 is 11.0 Å². The molecule has 0 saturated heterocycles. The molecule has 0 aromatic carbocycles. The van der Waals surface area contributed by atoms with Crippen molar-refractivity contribution < 1.29 is 0 Å². The minimum Gasteiger partial charge on any atom is -0.303 e. The SMILES string of the molecule is CCCN(C)C1CCCC1.[SiH4]. The van der Waals surface area contributed by atoms with Crippen LogP contribution in [-0.2, 0) is 0 Å². The van der Waals surface area contributed by atoms with Crippen molar-refractivity contribution in [3.63, 3.8) is 0 Å². The molecular weight excluding hydrogens is 150 g/mol. The topological polar surface area (TPSA) is 3.24 Å². The van der Waals surface area contributed by atoms with Crippen LogP contribution < -0.4 is 0 Å². The Morgan fingerprint density at radius 2 is 1.82 bits per heavy atom. The molecular formula is C9H23NSi. The molecule has 0 N–H and O–H groups in total. The van der Waals surface area contributed by atoms with E-state index >= 15 is 0 Å². The van der Waals surface area contributed by atoms with E-state index in [9.17, 15) is 0 Å². The first-order valence-corrected chi connectivity index (χ1v) is 4.55. The third kappa shape index (κ3) is 3.39. The maximum absolute atomic E-state index is 2.52. The van der Waals surface area contributed by atoms with Gasteiger partial charge < -0.3 is 4.90 Å². The van der Waals surface area contributed by atoms with Crippen LogP contribution in [0.2, 0.25) is 0 Å². The first-order chi connectivity index (χ1) is 4.84. The number of nitrogens with zero attached hydrogens (tertiary/aromatic N) is 1. The van der Waals surface area contributed by atoms with Gasteiger partial charge in [0.1, 0.15) is 0 Å². The quantitative estimate of drug-likeness (QED) is 0.571. The van der Waals surface area contributed by atoms with Crippen molar-refractivity contribution in [2.24, 2.45) is 0 Å². The maximum atomic E-state index is 2.52. The standard InChI is InChI=1S/C9H19N.H4Si/c1-3-8-10(2)9-6-4-5-7-9;/h9H,3-8H2,1-2H3;1H4. The van der Waals surface area contributed by atoms with Crippen molar-refractivity contribution in [1.82, 2.24) is 4.90 Å². The van der Waals surface area contributed by atoms with Crippen molar-refractivity contribution in [1.29, 1.82) is 0 Å². The van der Waals surface area contributed by atoms with Crippen LogP contribution in [0.3, 0.4) is 0 Å². The Hall–Kier alpha value is 0.177. The van der Waals surface area contributed by atoms with E-state index in [1.807, 2.05) is 0 Å². The molecule has 1 fully saturated rings. The van der Waals surface area contributed by atoms with Gasteiger partial charge in [-0.05, 0) is 43.8 Å². The summed E-state index contributed by atoms with van der Waals surface area (Å²) in [6, 6.07) is 0.917. The first kappa shape index (κ1) is 11.2. The summed E-state index contributed by atoms with van der Waals surface area (Å²) in [6.07, 6.45) is 7.09. The van der Waals surface area contributed by atoms with E-state index in [2.05, 4.69) is 18.9 Å². The highest BCUT2D eigenvalue weighted by molar-refractivity contribution is 5.75. The summed E-state index contributed by atoms with van der Waals surface area (Å²) in [5.41, 5.74) is 0. The Morgan fingerprint density at radius 1 is 1.27 bits per heavy atom. The van der Waals surface area contributed by atoms with Gasteiger partial charge in [-0.3, -0.25) is 0 Å². The summed E-state index contributed by atoms with van der Waals surface area (Å²) < 4.78 is 0. The highest BCUT2D eigenvalue weighted by Crippen LogP contribution is 2.22. The van der Waals surface area contributed by atoms with Gasteiger partial charge in [-0.2, -0.15) is 0 Å². The third-order valence-electron chi connectivity index (χ3n) is 2.52. The highest BCUT2D eigenvalue weighted by atomic mass is 28.1. The second kappa shape index (κ2) is 5.78. The average molecular weight is 173 g/mol. The van der Waals surface area contributed by atoms with E-state index in [1.54, 1.807) is 0 Å². The summed E-state index contributed by atoms with van der Waals surface area (Å²) in [5.74, 6) is 0. The smallest absolute Gasteiger partial charge is 0.00922 e. The second-order valence-electron chi connectivity index (χ2n) is 3.42. The van der Waals surface area contributed by atoms with Gasteiger partial charge in [-0.1, -0.05) is 19.8 Å². The Morgan fingerprint density at radius 3 is 2.27 bits per heavy atom. The average Bonchev–Trinajstić information content (AvgIpc) is 2.38. The van der Waals surface area contributed by atoms with E-state index in [0.29, 0.717) is 0 Å². The van der Waals surface area contributed by atoms with Gasteiger partial charge in [-0.15, -0.1) is 0 Å². The Bertz CT molecular complexity index is 89.6. The van der Waals surface area contributed by atoms with Crippen LogP contribution in [0.4, 0.5) is 0 Å². The second-order valence-corrected chi connectivity index (χ2v) is 3.42. The highest BCUT2D eigenvalue weighted by Gasteiger charge is 2.17. The van der Waals surface area contributed by atoms with Crippen molar-refractivity contribution in [2.75, 3.05) is 13.6 Å². The maximum Gasteiger partial charge on any atom is 0.00922 e. The molecule has 0 aromatic heterocycles. The number of hydrogen-bond donors (Lipinski definition) is 0. The molecule has 68 valence electrons. The minimum absolute atomic E-state index is 0. The molecule has 0 heterocycles. The molecule has 0 aliphatic heterocycles. The van der Waals surface area contributed by atoms with Crippen LogP contribution in [0.5, 0.6) is 0 Å². The van der Waals surface area contributed by atoms with E-state index in [-0.39, 0.29) is 11.0 Å². The summed E-state index contributed by atoms with van der Waals surface area (Å²) in [5, 5.41) is 0. The fourth-order valence-corrected chi connectivity index (χ4v) is 1.88. The third-order valence-corrected chi connectivity index (χ3v) is 2.52. The molecule has 1 rings (SSSR count). The van der Waals surface area contributed by atoms with E-state index in [1.165, 1.54) is 38.6 Å². The van der Waals surface area contributed by atoms with E-state index in [0.717, 1.165) is 6.04 Å². The van der Waals surface area contributed by atoms with Crippen molar-refractivity contribution in [2.45, 2.75) is 45.1 Å². The molecule has 1 aliphatic rings. The summed E-state index contributed by atoms with van der Waals surface area (Å²) in [6.45, 7) is 3.54. The predicted molar refractivity (Wildman–Crippen MR) is 56.5 cm³/mol. The molecule has 0 aromatic rings. The molecule has 1 aliphatic carbocycles. The van der Waals surface area contributed by atoms with Gasteiger partial charge in [0.2, 0.25) is 0 Å². The zero-order valence-electron chi connectivity index (χ0n) is 7.27. The Balaban J connectivity index is 0.000001000. The van der Waals surface area contributed by atoms with Crippen LogP contribution in [-0.4, -0.2) is 35.5 Å². The molecule has 0 unspecified atom stereocenters. The Kier molecular flexibility index (Phi) is 5.87. The van der Waals surface area contributed by atoms with Crippen LogP contribution in [0.1, 0.15) is 39.0 Å². The molecule has 0 amide bonds. The van der Waals surface area contributed by atoms with E-state index in [4.69, 9.17) is 0 Å². The fourth-order valence-electron chi connectivity index (χ4n) is 1.88. The van der Waals surface area contributed by atoms with E-state index < -0.39 is 0 Å². The molecule has 0 radical (unpaired) electrons. The molecule has 0 atom stereocenters. The van der Waals surface area contributed by atoms with Gasteiger partial charge in [-0.25, -0.2) is 0 Å². The molecule has 2 heteroatoms. The fraction of sp³-hybridized carbons (Fsp3) is 1.00. The zero-order valence-corrected chi connectivity index (χ0v) is 7.27. The van der Waals surface area contributed by atoms with Gasteiger partial charge in [0.25, 0.3) is 0 Å². The Labute approximate surface area is 75.2 Å². The lowest BCUT2D eigenvalue weighted by Crippen LogP contribution is -2.29. The van der Waals surface area contributed by atoms with Crippen LogP contribution in [0.15, 0.2) is 0 Å². The van der Waals surface area contributed by atoms with Gasteiger partial charge in [0, 0.05) is 6.04 Å². The van der Waals surface area contributed by atoms with Crippen LogP contribution in [0.25, 0.3) is 0 Å². The molecule has 0 spiro atoms. The zero-order chi connectivity index (χ0) is 7.40. The van der Waals surface area contributed by atoms with Crippen molar-refractivity contribution in [3.05, 3.63) is 0 Å². The van der Waals surface area contributed by atoms with Gasteiger partial charge in [0.15, 0.2) is 0 Å². The van der Waals surface area contributed by atoms with Crippen LogP contribution in [0, 0.1) is 0 Å². The van der Waals surface area contributed by atoms with Gasteiger partial charge in [0.05, 0.1) is 0 Å². The predicted octanol–water partition coefficient (Wildman–Crippen LogP) is 0.819. The largest absolute Gasteiger partial charge is 0.303 e. The number of hydrogen-bond acceptors (Lipinski definition) is 1. The normalized spacial score (nSPS) is 18.8. The lowest BCUT2D eigenvalue weighted by Gasteiger charge is -2.22. The number of rotatable bonds is 3. The molecule has 1 saturated carbocycles. The summed E-state index contributed by atoms with van der Waals surface area (Å²) in [7, 11) is 2.26. The molecule has 11 heavy (non-hydrogen) atoms. The molecule has 0 bridgehead atoms. The summed E-state index contributed by atoms with van der Waals surface area (Å²) >= 11 is 0. The van der Waals surface area contributed by atoms with Crippen LogP contribution >= 0.6 is 0 Å². The monoisotopic (exact) mass is 173 g/mol.